The zero-order chi connectivity index (χ0) is 9.80. The Balaban J connectivity index is 1.88. The number of rotatable bonds is 3. The van der Waals surface area contributed by atoms with E-state index in [9.17, 15) is 0 Å². The van der Waals surface area contributed by atoms with Crippen LogP contribution in [0.25, 0.3) is 0 Å². The predicted octanol–water partition coefficient (Wildman–Crippen LogP) is 1.83. The highest BCUT2D eigenvalue weighted by atomic mass is 32.2. The molecule has 1 atom stereocenters. The van der Waals surface area contributed by atoms with Crippen LogP contribution in [0.2, 0.25) is 0 Å². The number of pyridine rings is 1. The second kappa shape index (κ2) is 4.55. The Bertz CT molecular complexity index is 297. The van der Waals surface area contributed by atoms with Gasteiger partial charge in [0.1, 0.15) is 5.82 Å². The van der Waals surface area contributed by atoms with Crippen LogP contribution in [0.15, 0.2) is 18.3 Å². The summed E-state index contributed by atoms with van der Waals surface area (Å²) >= 11 is 2.03. The Morgan fingerprint density at radius 1 is 1.64 bits per heavy atom. The third kappa shape index (κ3) is 2.32. The van der Waals surface area contributed by atoms with Gasteiger partial charge in [0.15, 0.2) is 0 Å². The van der Waals surface area contributed by atoms with Gasteiger partial charge >= 0.3 is 0 Å². The van der Waals surface area contributed by atoms with Gasteiger partial charge in [-0.25, -0.2) is 4.98 Å². The molecular weight excluding hydrogens is 194 g/mol. The number of hydrogen-bond donors (Lipinski definition) is 2. The van der Waals surface area contributed by atoms with Gasteiger partial charge in [-0.1, -0.05) is 0 Å². The van der Waals surface area contributed by atoms with Gasteiger partial charge in [0.05, 0.1) is 5.69 Å². The highest BCUT2D eigenvalue weighted by molar-refractivity contribution is 7.99. The fraction of sp³-hybridized carbons (Fsp3) is 0.500. The third-order valence-electron chi connectivity index (χ3n) is 2.44. The molecule has 0 radical (unpaired) electrons. The molecule has 1 aromatic rings. The lowest BCUT2D eigenvalue weighted by Gasteiger charge is -2.11. The van der Waals surface area contributed by atoms with Crippen molar-refractivity contribution >= 4 is 23.3 Å². The molecule has 4 heteroatoms. The molecule has 0 aliphatic carbocycles. The summed E-state index contributed by atoms with van der Waals surface area (Å²) in [7, 11) is 0. The summed E-state index contributed by atoms with van der Waals surface area (Å²) in [6, 6.07) is 3.88. The molecule has 1 fully saturated rings. The zero-order valence-electron chi connectivity index (χ0n) is 8.07. The molecule has 1 aliphatic rings. The molecule has 3 N–H and O–H groups in total. The van der Waals surface area contributed by atoms with Crippen LogP contribution in [0.4, 0.5) is 11.5 Å². The van der Waals surface area contributed by atoms with E-state index in [-0.39, 0.29) is 0 Å². The monoisotopic (exact) mass is 209 g/mol. The smallest absolute Gasteiger partial charge is 0.146 e. The van der Waals surface area contributed by atoms with Crippen molar-refractivity contribution in [3.63, 3.8) is 0 Å². The first-order chi connectivity index (χ1) is 6.86. The van der Waals surface area contributed by atoms with Crippen molar-refractivity contribution in [2.75, 3.05) is 29.1 Å². The summed E-state index contributed by atoms with van der Waals surface area (Å²) in [6.07, 6.45) is 3.03. The van der Waals surface area contributed by atoms with Crippen LogP contribution in [0.3, 0.4) is 0 Å². The van der Waals surface area contributed by atoms with Crippen molar-refractivity contribution in [3.05, 3.63) is 18.3 Å². The minimum Gasteiger partial charge on any atom is -0.382 e. The summed E-state index contributed by atoms with van der Waals surface area (Å²) in [5.41, 5.74) is 6.69. The summed E-state index contributed by atoms with van der Waals surface area (Å²) in [4.78, 5) is 4.03. The average molecular weight is 209 g/mol. The van der Waals surface area contributed by atoms with Gasteiger partial charge in [-0.3, -0.25) is 0 Å². The van der Waals surface area contributed by atoms with Gasteiger partial charge in [-0.15, -0.1) is 0 Å². The fourth-order valence-corrected chi connectivity index (χ4v) is 2.85. The number of aromatic nitrogens is 1. The van der Waals surface area contributed by atoms with E-state index in [0.717, 1.165) is 18.2 Å². The molecule has 1 unspecified atom stereocenters. The van der Waals surface area contributed by atoms with E-state index in [0.29, 0.717) is 5.82 Å². The second-order valence-corrected chi connectivity index (χ2v) is 4.70. The Morgan fingerprint density at radius 2 is 2.57 bits per heavy atom. The predicted molar refractivity (Wildman–Crippen MR) is 62.6 cm³/mol. The molecule has 1 saturated heterocycles. The fourth-order valence-electron chi connectivity index (χ4n) is 1.57. The Labute approximate surface area is 88.5 Å². The van der Waals surface area contributed by atoms with Crippen LogP contribution in [0.1, 0.15) is 6.42 Å². The number of nitrogen functional groups attached to an aromatic ring is 1. The quantitative estimate of drug-likeness (QED) is 0.797. The van der Waals surface area contributed by atoms with Crippen LogP contribution in [0, 0.1) is 5.92 Å². The Kier molecular flexibility index (Phi) is 3.14. The number of nitrogens with two attached hydrogens (primary N) is 1. The Morgan fingerprint density at radius 3 is 3.29 bits per heavy atom. The molecular formula is C10H15N3S. The number of nitrogens with zero attached hydrogens (tertiary/aromatic N) is 1. The normalized spacial score (nSPS) is 21.0. The van der Waals surface area contributed by atoms with Crippen molar-refractivity contribution in [1.82, 2.24) is 4.98 Å². The molecule has 14 heavy (non-hydrogen) atoms. The van der Waals surface area contributed by atoms with Crippen molar-refractivity contribution in [2.45, 2.75) is 6.42 Å². The standard InChI is InChI=1S/C10H15N3S/c11-10-9(2-1-4-12-10)13-6-8-3-5-14-7-8/h1-2,4,8,13H,3,5-7H2,(H2,11,12). The van der Waals surface area contributed by atoms with Crippen molar-refractivity contribution < 1.29 is 0 Å². The van der Waals surface area contributed by atoms with Crippen molar-refractivity contribution in [1.29, 1.82) is 0 Å². The molecule has 1 aliphatic heterocycles. The number of hydrogen-bond acceptors (Lipinski definition) is 4. The lowest BCUT2D eigenvalue weighted by atomic mass is 10.1. The van der Waals surface area contributed by atoms with Crippen LogP contribution >= 0.6 is 11.8 Å². The minimum absolute atomic E-state index is 0.596. The highest BCUT2D eigenvalue weighted by Gasteiger charge is 2.15. The molecule has 2 heterocycles. The molecule has 1 aromatic heterocycles. The molecule has 0 spiro atoms. The van der Waals surface area contributed by atoms with Gasteiger partial charge in [0.2, 0.25) is 0 Å². The number of thioether (sulfide) groups is 1. The topological polar surface area (TPSA) is 50.9 Å². The van der Waals surface area contributed by atoms with Gasteiger partial charge in [0.25, 0.3) is 0 Å². The molecule has 0 saturated carbocycles. The summed E-state index contributed by atoms with van der Waals surface area (Å²) in [5.74, 6) is 3.96. The van der Waals surface area contributed by atoms with Crippen molar-refractivity contribution in [2.24, 2.45) is 5.92 Å². The van der Waals surface area contributed by atoms with Crippen LogP contribution in [-0.2, 0) is 0 Å². The van der Waals surface area contributed by atoms with Crippen LogP contribution in [0.5, 0.6) is 0 Å². The SMILES string of the molecule is Nc1ncccc1NCC1CCSC1. The maximum Gasteiger partial charge on any atom is 0.146 e. The Hall–Kier alpha value is -0.900. The highest BCUT2D eigenvalue weighted by Crippen LogP contribution is 2.24. The molecule has 0 bridgehead atoms. The molecule has 0 amide bonds. The third-order valence-corrected chi connectivity index (χ3v) is 3.68. The molecule has 3 nitrogen and oxygen atoms in total. The van der Waals surface area contributed by atoms with E-state index in [2.05, 4.69) is 10.3 Å². The van der Waals surface area contributed by atoms with Crippen molar-refractivity contribution in [3.8, 4) is 0 Å². The summed E-state index contributed by atoms with van der Waals surface area (Å²) in [6.45, 7) is 1.02. The molecule has 2 rings (SSSR count). The van der Waals surface area contributed by atoms with Gasteiger partial charge in [0, 0.05) is 12.7 Å². The minimum atomic E-state index is 0.596. The maximum absolute atomic E-state index is 5.73. The largest absolute Gasteiger partial charge is 0.382 e. The molecule has 0 aromatic carbocycles. The van der Waals surface area contributed by atoms with E-state index in [4.69, 9.17) is 5.73 Å². The van der Waals surface area contributed by atoms with Gasteiger partial charge in [-0.2, -0.15) is 11.8 Å². The second-order valence-electron chi connectivity index (χ2n) is 3.55. The zero-order valence-corrected chi connectivity index (χ0v) is 8.89. The van der Waals surface area contributed by atoms with E-state index in [1.165, 1.54) is 17.9 Å². The number of nitrogens with one attached hydrogen (secondary N) is 1. The van der Waals surface area contributed by atoms with E-state index in [1.54, 1.807) is 6.20 Å². The first-order valence-corrected chi connectivity index (χ1v) is 6.04. The number of anilines is 2. The first kappa shape index (κ1) is 9.65. The lowest BCUT2D eigenvalue weighted by Crippen LogP contribution is -2.14. The van der Waals surface area contributed by atoms with E-state index in [1.807, 2.05) is 23.9 Å². The van der Waals surface area contributed by atoms with Crippen LogP contribution < -0.4 is 11.1 Å². The molecule has 76 valence electrons. The first-order valence-electron chi connectivity index (χ1n) is 4.88. The average Bonchev–Trinajstić information content (AvgIpc) is 2.69. The van der Waals surface area contributed by atoms with E-state index < -0.39 is 0 Å². The van der Waals surface area contributed by atoms with Crippen LogP contribution in [-0.4, -0.2) is 23.0 Å². The maximum atomic E-state index is 5.73. The summed E-state index contributed by atoms with van der Waals surface area (Å²) in [5, 5.41) is 3.35. The van der Waals surface area contributed by atoms with Gasteiger partial charge < -0.3 is 11.1 Å². The van der Waals surface area contributed by atoms with Gasteiger partial charge in [-0.05, 0) is 36.0 Å². The lowest BCUT2D eigenvalue weighted by molar-refractivity contribution is 0.632. The summed E-state index contributed by atoms with van der Waals surface area (Å²) < 4.78 is 0. The van der Waals surface area contributed by atoms with E-state index >= 15 is 0 Å².